The van der Waals surface area contributed by atoms with Crippen LogP contribution in [0.25, 0.3) is 0 Å². The van der Waals surface area contributed by atoms with Crippen LogP contribution in [0.3, 0.4) is 0 Å². The fraction of sp³-hybridized carbons (Fsp3) is 0.957. The first kappa shape index (κ1) is 28.6. The van der Waals surface area contributed by atoms with Gasteiger partial charge in [0.15, 0.2) is 0 Å². The van der Waals surface area contributed by atoms with Gasteiger partial charge in [0.05, 0.1) is 0 Å². The Kier molecular flexibility index (Phi) is 24.8. The van der Waals surface area contributed by atoms with Gasteiger partial charge in [0, 0.05) is 13.0 Å². The van der Waals surface area contributed by atoms with Gasteiger partial charge in [-0.05, 0) is 33.5 Å². The third kappa shape index (κ3) is 25.4. The predicted octanol–water partition coefficient (Wildman–Crippen LogP) is 6.48. The number of carbonyl (C=O) groups is 1. The van der Waals surface area contributed by atoms with Gasteiger partial charge in [0.2, 0.25) is 5.91 Å². The van der Waals surface area contributed by atoms with Crippen LogP contribution in [0.2, 0.25) is 0 Å². The molecule has 0 atom stereocenters. The van der Waals surface area contributed by atoms with E-state index in [1.54, 1.807) is 0 Å². The smallest absolute Gasteiger partial charge is 0.219 e. The van der Waals surface area contributed by atoms with Crippen molar-refractivity contribution < 1.29 is 4.79 Å². The van der Waals surface area contributed by atoms with Crippen LogP contribution in [-0.4, -0.2) is 38.0 Å². The Labute approximate surface area is 170 Å². The molecular formula is C23H51N3O. The van der Waals surface area contributed by atoms with Crippen molar-refractivity contribution >= 4 is 5.91 Å². The zero-order valence-corrected chi connectivity index (χ0v) is 19.0. The highest BCUT2D eigenvalue weighted by Gasteiger charge is 2.00. The van der Waals surface area contributed by atoms with Gasteiger partial charge >= 0.3 is 0 Å². The summed E-state index contributed by atoms with van der Waals surface area (Å²) < 4.78 is 0. The first-order valence-corrected chi connectivity index (χ1v) is 11.6. The maximum Gasteiger partial charge on any atom is 0.219 e. The summed E-state index contributed by atoms with van der Waals surface area (Å²) in [6, 6.07) is 0. The van der Waals surface area contributed by atoms with Gasteiger partial charge in [-0.3, -0.25) is 4.79 Å². The predicted molar refractivity (Wildman–Crippen MR) is 121 cm³/mol. The molecule has 0 unspecified atom stereocenters. The Balaban J connectivity index is 0. The van der Waals surface area contributed by atoms with E-state index in [2.05, 4.69) is 31.2 Å². The average molecular weight is 386 g/mol. The first-order valence-electron chi connectivity index (χ1n) is 11.6. The minimum Gasteiger partial charge on any atom is -0.356 e. The van der Waals surface area contributed by atoms with E-state index < -0.39 is 0 Å². The summed E-state index contributed by atoms with van der Waals surface area (Å²) in [5.74, 6) is 0.235. The van der Waals surface area contributed by atoms with Gasteiger partial charge in [-0.1, -0.05) is 96.8 Å². The number of amides is 1. The number of nitrogens with one attached hydrogen (secondary N) is 1. The number of hydrogen-bond acceptors (Lipinski definition) is 3. The van der Waals surface area contributed by atoms with Crippen molar-refractivity contribution in [3.05, 3.63) is 0 Å². The van der Waals surface area contributed by atoms with Crippen LogP contribution in [-0.2, 0) is 4.79 Å². The van der Waals surface area contributed by atoms with Crippen LogP contribution < -0.4 is 11.5 Å². The van der Waals surface area contributed by atoms with Crippen LogP contribution >= 0.6 is 0 Å². The van der Waals surface area contributed by atoms with E-state index in [-0.39, 0.29) is 12.1 Å². The van der Waals surface area contributed by atoms with E-state index in [4.69, 9.17) is 0 Å². The fourth-order valence-corrected chi connectivity index (χ4v) is 3.37. The lowest BCUT2D eigenvalue weighted by Crippen LogP contribution is -2.26. The van der Waals surface area contributed by atoms with Crippen molar-refractivity contribution in [1.29, 1.82) is 0 Å². The molecule has 0 aromatic rings. The van der Waals surface area contributed by atoms with E-state index in [0.717, 1.165) is 25.9 Å². The van der Waals surface area contributed by atoms with E-state index in [1.165, 1.54) is 89.9 Å². The van der Waals surface area contributed by atoms with Crippen molar-refractivity contribution in [3.8, 4) is 0 Å². The van der Waals surface area contributed by atoms with Gasteiger partial charge in [-0.15, -0.1) is 0 Å². The summed E-state index contributed by atoms with van der Waals surface area (Å²) >= 11 is 0. The molecule has 4 nitrogen and oxygen atoms in total. The molecule has 0 saturated heterocycles. The van der Waals surface area contributed by atoms with E-state index in [9.17, 15) is 4.79 Å². The standard InChI is InChI=1S/C23H48N2O.H3N/c1-4-5-6-7-8-9-10-11-12-13-14-15-16-17-18-20-23(26)24-21-19-22-25(2)3;/h4-22H2,1-3H3,(H,24,26);1H3. The average Bonchev–Trinajstić information content (AvgIpc) is 2.62. The molecule has 0 aliphatic carbocycles. The van der Waals surface area contributed by atoms with E-state index in [0.29, 0.717) is 6.42 Å². The molecule has 0 aromatic carbocycles. The molecular weight excluding hydrogens is 334 g/mol. The summed E-state index contributed by atoms with van der Waals surface area (Å²) in [4.78, 5) is 13.9. The van der Waals surface area contributed by atoms with Crippen LogP contribution in [0.15, 0.2) is 0 Å². The molecule has 164 valence electrons. The highest BCUT2D eigenvalue weighted by atomic mass is 16.1. The van der Waals surface area contributed by atoms with Gasteiger partial charge in [-0.25, -0.2) is 0 Å². The summed E-state index contributed by atoms with van der Waals surface area (Å²) in [6.45, 7) is 4.14. The van der Waals surface area contributed by atoms with Crippen molar-refractivity contribution in [1.82, 2.24) is 16.4 Å². The lowest BCUT2D eigenvalue weighted by atomic mass is 10.0. The second kappa shape index (κ2) is 23.4. The summed E-state index contributed by atoms with van der Waals surface area (Å²) in [7, 11) is 4.13. The van der Waals surface area contributed by atoms with Crippen molar-refractivity contribution in [3.63, 3.8) is 0 Å². The molecule has 4 heteroatoms. The minimum atomic E-state index is 0. The Bertz CT molecular complexity index is 295. The first-order chi connectivity index (χ1) is 12.7. The monoisotopic (exact) mass is 385 g/mol. The Morgan fingerprint density at radius 1 is 0.667 bits per heavy atom. The molecule has 0 spiro atoms. The van der Waals surface area contributed by atoms with Gasteiger partial charge in [0.1, 0.15) is 0 Å². The molecule has 0 heterocycles. The molecule has 0 aliphatic heterocycles. The second-order valence-corrected chi connectivity index (χ2v) is 8.21. The Morgan fingerprint density at radius 3 is 1.48 bits per heavy atom. The second-order valence-electron chi connectivity index (χ2n) is 8.21. The van der Waals surface area contributed by atoms with E-state index >= 15 is 0 Å². The third-order valence-corrected chi connectivity index (χ3v) is 5.11. The highest BCUT2D eigenvalue weighted by Crippen LogP contribution is 2.13. The normalized spacial score (nSPS) is 10.8. The maximum absolute atomic E-state index is 11.7. The van der Waals surface area contributed by atoms with E-state index in [1.807, 2.05) is 0 Å². The lowest BCUT2D eigenvalue weighted by Gasteiger charge is -2.09. The zero-order chi connectivity index (χ0) is 19.3. The molecule has 0 bridgehead atoms. The molecule has 0 saturated carbocycles. The lowest BCUT2D eigenvalue weighted by molar-refractivity contribution is -0.121. The number of rotatable bonds is 20. The zero-order valence-electron chi connectivity index (χ0n) is 19.0. The molecule has 1 amide bonds. The Hall–Kier alpha value is -0.610. The number of unbranched alkanes of at least 4 members (excludes halogenated alkanes) is 14. The largest absolute Gasteiger partial charge is 0.356 e. The van der Waals surface area contributed by atoms with Crippen molar-refractivity contribution in [2.75, 3.05) is 27.2 Å². The molecule has 0 aliphatic rings. The Morgan fingerprint density at radius 2 is 1.07 bits per heavy atom. The molecule has 0 rings (SSSR count). The SMILES string of the molecule is CCCCCCCCCCCCCCCCCC(=O)NCCCN(C)C.N. The molecule has 0 aromatic heterocycles. The summed E-state index contributed by atoms with van der Waals surface area (Å²) in [5.41, 5.74) is 0. The topological polar surface area (TPSA) is 67.3 Å². The number of hydrogen-bond donors (Lipinski definition) is 2. The maximum atomic E-state index is 11.7. The molecule has 0 radical (unpaired) electrons. The van der Waals surface area contributed by atoms with Crippen LogP contribution in [0.5, 0.6) is 0 Å². The van der Waals surface area contributed by atoms with Crippen LogP contribution in [0, 0.1) is 0 Å². The quantitative estimate of drug-likeness (QED) is 0.236. The van der Waals surface area contributed by atoms with Gasteiger partial charge in [-0.2, -0.15) is 0 Å². The third-order valence-electron chi connectivity index (χ3n) is 5.11. The number of nitrogens with zero attached hydrogens (tertiary/aromatic N) is 1. The van der Waals surface area contributed by atoms with Crippen LogP contribution in [0.4, 0.5) is 0 Å². The molecule has 0 fully saturated rings. The van der Waals surface area contributed by atoms with Crippen LogP contribution in [0.1, 0.15) is 116 Å². The number of carbonyl (C=O) groups excluding carboxylic acids is 1. The van der Waals surface area contributed by atoms with Crippen molar-refractivity contribution in [2.45, 2.75) is 116 Å². The summed E-state index contributed by atoms with van der Waals surface area (Å²) in [6.07, 6.45) is 22.3. The summed E-state index contributed by atoms with van der Waals surface area (Å²) in [5, 5.41) is 3.02. The minimum absolute atomic E-state index is 0. The fourth-order valence-electron chi connectivity index (χ4n) is 3.37. The molecule has 27 heavy (non-hydrogen) atoms. The van der Waals surface area contributed by atoms with Gasteiger partial charge < -0.3 is 16.4 Å². The van der Waals surface area contributed by atoms with Crippen molar-refractivity contribution in [2.24, 2.45) is 0 Å². The molecule has 4 N–H and O–H groups in total. The highest BCUT2D eigenvalue weighted by molar-refractivity contribution is 5.75. The van der Waals surface area contributed by atoms with Gasteiger partial charge in [0.25, 0.3) is 0 Å².